The standard InChI is InChI=1S/C61H69NO10S4/c1-4-30-21-48-54(62-27-30)34-9-5-8-31(19-34)20-39-43(28-74-75-48)40(23-35(55(39)67)18-29(2)3)59-58(70)57(69)53-47(72-59)26-45(66)51-41-24-38-36(14-16-64)32(10-6-15-63)22-33-12-13-37-52(49(33)38)50(41)42-25-46(71-60(51)53)44(65)11-7-17-73-76-61(37)56(42)68/h5,8-9,12-13,19,23-24,26,29-30,32,36,42,44,46,48,54,56,61-68,70H,4,6-7,10-11,14-18,20-22,25,27-28H2,1-3H3/t30-,32+,36+,42-,44+,46-,48+,54-,56+,61+/m1/s1. The van der Waals surface area contributed by atoms with E-state index in [4.69, 9.17) is 9.15 Å². The average molecular weight is 1100 g/mol. The number of piperidine rings is 1. The van der Waals surface area contributed by atoms with E-state index in [2.05, 4.69) is 68.6 Å². The first-order chi connectivity index (χ1) is 36.9. The third kappa shape index (κ3) is 9.13. The van der Waals surface area contributed by atoms with Crippen molar-refractivity contribution in [3.63, 3.8) is 0 Å². The molecule has 5 heterocycles. The monoisotopic (exact) mass is 1100 g/mol. The molecule has 0 saturated carbocycles. The molecule has 0 radical (unpaired) electrons. The molecule has 5 aromatic carbocycles. The van der Waals surface area contributed by atoms with E-state index in [0.29, 0.717) is 72.4 Å². The van der Waals surface area contributed by atoms with E-state index < -0.39 is 35.4 Å². The fourth-order valence-corrected chi connectivity index (χ4v) is 19.9. The zero-order valence-electron chi connectivity index (χ0n) is 43.3. The second kappa shape index (κ2) is 21.6. The van der Waals surface area contributed by atoms with Gasteiger partial charge in [-0.15, -0.1) is 0 Å². The number of ether oxygens (including phenoxy) is 1. The Morgan fingerprint density at radius 2 is 1.72 bits per heavy atom. The maximum Gasteiger partial charge on any atom is 0.238 e. The van der Waals surface area contributed by atoms with Crippen LogP contribution in [0.3, 0.4) is 0 Å². The Morgan fingerprint density at radius 1 is 0.868 bits per heavy atom. The van der Waals surface area contributed by atoms with Gasteiger partial charge in [0.15, 0.2) is 5.76 Å². The third-order valence-corrected chi connectivity index (χ3v) is 23.3. The molecule has 11 nitrogen and oxygen atoms in total. The van der Waals surface area contributed by atoms with Gasteiger partial charge in [0.25, 0.3) is 0 Å². The molecule has 2 aliphatic carbocycles. The minimum Gasteiger partial charge on any atom is -0.507 e. The molecule has 2 fully saturated rings. The molecule has 8 N–H and O–H groups in total. The van der Waals surface area contributed by atoms with Crippen LogP contribution in [0.2, 0.25) is 0 Å². The molecule has 402 valence electrons. The van der Waals surface area contributed by atoms with Crippen molar-refractivity contribution in [1.82, 2.24) is 5.32 Å². The second-order valence-corrected chi connectivity index (χ2v) is 28.0. The van der Waals surface area contributed by atoms with Crippen LogP contribution < -0.4 is 15.5 Å². The van der Waals surface area contributed by atoms with Crippen molar-refractivity contribution < 1.29 is 44.9 Å². The number of aromatic hydroxyl groups is 3. The maximum absolute atomic E-state index is 15.6. The van der Waals surface area contributed by atoms with Crippen LogP contribution in [-0.2, 0) is 25.0 Å². The molecule has 4 aliphatic heterocycles. The van der Waals surface area contributed by atoms with Gasteiger partial charge in [0.05, 0.1) is 23.0 Å². The van der Waals surface area contributed by atoms with Crippen LogP contribution >= 0.6 is 43.2 Å². The minimum absolute atomic E-state index is 0.00596. The lowest BCUT2D eigenvalue weighted by molar-refractivity contribution is 0.00975. The number of benzene rings is 5. The van der Waals surface area contributed by atoms with Crippen molar-refractivity contribution in [1.29, 1.82) is 0 Å². The molecule has 76 heavy (non-hydrogen) atoms. The minimum atomic E-state index is -0.999. The van der Waals surface area contributed by atoms with Crippen molar-refractivity contribution in [2.45, 2.75) is 144 Å². The van der Waals surface area contributed by atoms with Crippen LogP contribution in [0.15, 0.2) is 63.8 Å². The van der Waals surface area contributed by atoms with Gasteiger partial charge in [-0.25, -0.2) is 0 Å². The first kappa shape index (κ1) is 52.7. The lowest BCUT2D eigenvalue weighted by atomic mass is 9.65. The van der Waals surface area contributed by atoms with Gasteiger partial charge in [0.1, 0.15) is 34.3 Å². The topological polar surface area (TPSA) is 193 Å². The summed E-state index contributed by atoms with van der Waals surface area (Å²) in [6, 6.07) is 18.5. The summed E-state index contributed by atoms with van der Waals surface area (Å²) in [4.78, 5) is 15.6. The maximum atomic E-state index is 15.6. The fraction of sp³-hybridized carbons (Fsp3) is 0.492. The Bertz CT molecular complexity index is 3290. The van der Waals surface area contributed by atoms with E-state index in [0.717, 1.165) is 82.1 Å². The fourth-order valence-electron chi connectivity index (χ4n) is 14.0. The van der Waals surface area contributed by atoms with Gasteiger partial charge in [-0.1, -0.05) is 107 Å². The van der Waals surface area contributed by atoms with Gasteiger partial charge >= 0.3 is 0 Å². The van der Waals surface area contributed by atoms with Gasteiger partial charge in [0, 0.05) is 65.5 Å². The highest BCUT2D eigenvalue weighted by Crippen LogP contribution is 2.61. The molecule has 10 atom stereocenters. The zero-order valence-corrected chi connectivity index (χ0v) is 46.6. The summed E-state index contributed by atoms with van der Waals surface area (Å²) in [6.07, 6.45) is 4.18. The van der Waals surface area contributed by atoms with Crippen LogP contribution in [0, 0.1) is 17.8 Å². The van der Waals surface area contributed by atoms with Crippen molar-refractivity contribution in [2.24, 2.45) is 17.8 Å². The van der Waals surface area contributed by atoms with E-state index in [1.165, 1.54) is 11.6 Å². The molecule has 15 heteroatoms. The lowest BCUT2D eigenvalue weighted by Crippen LogP contribution is -2.40. The van der Waals surface area contributed by atoms with Crippen molar-refractivity contribution in [3.8, 4) is 45.4 Å². The normalized spacial score (nSPS) is 26.9. The number of phenolic OH excluding ortho intramolecular Hbond substituents is 2. The Morgan fingerprint density at radius 3 is 2.53 bits per heavy atom. The second-order valence-electron chi connectivity index (χ2n) is 22.8. The molecule has 6 aliphatic rings. The summed E-state index contributed by atoms with van der Waals surface area (Å²) in [5, 5.41) is 89.2. The van der Waals surface area contributed by atoms with Gasteiger partial charge in [0.2, 0.25) is 11.2 Å². The number of fused-ring (bicyclic) bond motifs is 12. The lowest BCUT2D eigenvalue weighted by Gasteiger charge is -2.43. The van der Waals surface area contributed by atoms with Crippen LogP contribution in [0.1, 0.15) is 145 Å². The van der Waals surface area contributed by atoms with E-state index in [9.17, 15) is 35.7 Å². The quantitative estimate of drug-likeness (QED) is 0.0637. The van der Waals surface area contributed by atoms with Crippen molar-refractivity contribution in [3.05, 3.63) is 115 Å². The Kier molecular flexibility index (Phi) is 14.9. The number of phenols is 2. The highest BCUT2D eigenvalue weighted by Gasteiger charge is 2.47. The molecular formula is C61H69NO10S4. The summed E-state index contributed by atoms with van der Waals surface area (Å²) in [7, 11) is 6.89. The average Bonchev–Trinajstić information content (AvgIpc) is 3.63. The molecule has 2 saturated heterocycles. The Labute approximate surface area is 459 Å². The molecule has 5 bridgehead atoms. The van der Waals surface area contributed by atoms with Crippen LogP contribution in [0.4, 0.5) is 0 Å². The Balaban J connectivity index is 1.10. The number of aliphatic hydroxyl groups is 4. The van der Waals surface area contributed by atoms with Crippen molar-refractivity contribution >= 4 is 64.9 Å². The molecule has 1 aromatic heterocycles. The van der Waals surface area contributed by atoms with E-state index in [-0.39, 0.29) is 93.5 Å². The SMILES string of the molecule is CC[C@H]1CN[C@@H]2c3cccc(c3)Cc3c(O)c(CC(C)C)cc(-c4oc5cc(O)c6c(c5c(=O)c4O)O[C@@H]4C[C@@H]5c7c-6cc6c8c(ccc(c78)[C@H](SSCCC[C@@H]4O)[C@H]5O)C[C@H](CCCO)[C@@H]6CCO)c3CSS[C@H]2C1. The zero-order chi connectivity index (χ0) is 52.7. The summed E-state index contributed by atoms with van der Waals surface area (Å²) < 4.78 is 13.9. The number of hydrogen-bond acceptors (Lipinski definition) is 15. The van der Waals surface area contributed by atoms with E-state index in [1.54, 1.807) is 32.4 Å². The van der Waals surface area contributed by atoms with Crippen LogP contribution in [0.5, 0.6) is 23.0 Å². The van der Waals surface area contributed by atoms with E-state index in [1.807, 2.05) is 16.9 Å². The van der Waals surface area contributed by atoms with Gasteiger partial charge in [-0.05, 0) is 161 Å². The van der Waals surface area contributed by atoms with Crippen molar-refractivity contribution in [2.75, 3.05) is 25.5 Å². The number of hydrogen-bond donors (Lipinski definition) is 8. The van der Waals surface area contributed by atoms with Crippen LogP contribution in [-0.4, -0.2) is 84.8 Å². The highest BCUT2D eigenvalue weighted by atomic mass is 33.1. The molecule has 6 aromatic rings. The molecular weight excluding hydrogens is 1030 g/mol. The summed E-state index contributed by atoms with van der Waals surface area (Å²) >= 11 is 0. The number of nitrogens with one attached hydrogen (secondary N) is 1. The highest BCUT2D eigenvalue weighted by molar-refractivity contribution is 8.77. The predicted octanol–water partition coefficient (Wildman–Crippen LogP) is 12.1. The van der Waals surface area contributed by atoms with Crippen LogP contribution in [0.25, 0.3) is 44.2 Å². The molecule has 12 rings (SSSR count). The Hall–Kier alpha value is -4.03. The smallest absolute Gasteiger partial charge is 0.238 e. The molecule has 0 unspecified atom stereocenters. The summed E-state index contributed by atoms with van der Waals surface area (Å²) in [6.45, 7) is 7.38. The van der Waals surface area contributed by atoms with Gasteiger partial charge in [-0.3, -0.25) is 4.79 Å². The third-order valence-electron chi connectivity index (χ3n) is 17.6. The largest absolute Gasteiger partial charge is 0.507 e. The first-order valence-corrected chi connectivity index (χ1v) is 32.3. The molecule has 0 spiro atoms. The summed E-state index contributed by atoms with van der Waals surface area (Å²) in [5.41, 5.74) is 8.90. The predicted molar refractivity (Wildman–Crippen MR) is 309 cm³/mol. The van der Waals surface area contributed by atoms with Gasteiger partial charge < -0.3 is 50.2 Å². The van der Waals surface area contributed by atoms with E-state index >= 15 is 4.79 Å². The number of aliphatic hydroxyl groups excluding tert-OH is 4. The van der Waals surface area contributed by atoms with Gasteiger partial charge in [-0.2, -0.15) is 0 Å². The molecule has 0 amide bonds. The first-order valence-electron chi connectivity index (χ1n) is 27.6. The summed E-state index contributed by atoms with van der Waals surface area (Å²) in [5.74, 6) is 0.636. The number of rotatable bonds is 9.